The van der Waals surface area contributed by atoms with Crippen LogP contribution in [0.2, 0.25) is 0 Å². The van der Waals surface area contributed by atoms with E-state index in [0.717, 1.165) is 5.56 Å². The van der Waals surface area contributed by atoms with Crippen LogP contribution < -0.4 is 10.5 Å². The Balaban J connectivity index is 2.25. The lowest BCUT2D eigenvalue weighted by molar-refractivity contribution is 0.426. The molecule has 1 atom stereocenters. The van der Waals surface area contributed by atoms with Crippen LogP contribution >= 0.6 is 0 Å². The minimum absolute atomic E-state index is 0.110. The third kappa shape index (κ3) is 2.79. The van der Waals surface area contributed by atoms with E-state index in [1.807, 2.05) is 6.92 Å². The Morgan fingerprint density at radius 3 is 2.76 bits per heavy atom. The average molecular weight is 232 g/mol. The largest absolute Gasteiger partial charge is 0.436 e. The number of nitrogens with two attached hydrogens (primary N) is 1. The number of hydrogen-bond donors (Lipinski definition) is 1. The van der Waals surface area contributed by atoms with Gasteiger partial charge < -0.3 is 10.5 Å². The van der Waals surface area contributed by atoms with Crippen LogP contribution in [0.1, 0.15) is 18.5 Å². The van der Waals surface area contributed by atoms with Gasteiger partial charge in [0.25, 0.3) is 0 Å². The molecule has 2 aromatic rings. The zero-order valence-electron chi connectivity index (χ0n) is 9.43. The molecule has 1 heterocycles. The molecule has 2 N–H and O–H groups in total. The summed E-state index contributed by atoms with van der Waals surface area (Å²) in [5.74, 6) is 0.0761. The summed E-state index contributed by atoms with van der Waals surface area (Å²) < 4.78 is 18.7. The fraction of sp³-hybridized carbons (Fsp3) is 0.154. The maximum atomic E-state index is 13.4. The SMILES string of the molecule is CC(N)c1ccnc(Oc2ccccc2F)c1. The number of nitrogens with zero attached hydrogens (tertiary/aromatic N) is 1. The highest BCUT2D eigenvalue weighted by Crippen LogP contribution is 2.23. The molecule has 88 valence electrons. The Labute approximate surface area is 99.1 Å². The summed E-state index contributed by atoms with van der Waals surface area (Å²) in [7, 11) is 0. The van der Waals surface area contributed by atoms with Crippen molar-refractivity contribution >= 4 is 0 Å². The second-order valence-corrected chi connectivity index (χ2v) is 3.75. The Morgan fingerprint density at radius 2 is 2.06 bits per heavy atom. The Hall–Kier alpha value is -1.94. The summed E-state index contributed by atoms with van der Waals surface area (Å²) >= 11 is 0. The van der Waals surface area contributed by atoms with E-state index < -0.39 is 5.82 Å². The van der Waals surface area contributed by atoms with Crippen molar-refractivity contribution in [2.24, 2.45) is 5.73 Å². The molecule has 17 heavy (non-hydrogen) atoms. The van der Waals surface area contributed by atoms with Crippen molar-refractivity contribution in [2.75, 3.05) is 0 Å². The van der Waals surface area contributed by atoms with E-state index in [4.69, 9.17) is 10.5 Å². The topological polar surface area (TPSA) is 48.1 Å². The van der Waals surface area contributed by atoms with Crippen LogP contribution in [-0.4, -0.2) is 4.98 Å². The molecule has 3 nitrogen and oxygen atoms in total. The molecule has 0 saturated carbocycles. The minimum Gasteiger partial charge on any atom is -0.436 e. The molecule has 1 unspecified atom stereocenters. The van der Waals surface area contributed by atoms with Gasteiger partial charge in [0.2, 0.25) is 5.88 Å². The smallest absolute Gasteiger partial charge is 0.219 e. The quantitative estimate of drug-likeness (QED) is 0.884. The van der Waals surface area contributed by atoms with Gasteiger partial charge in [-0.25, -0.2) is 9.37 Å². The molecule has 0 aliphatic heterocycles. The van der Waals surface area contributed by atoms with Crippen LogP contribution in [0, 0.1) is 5.82 Å². The third-order valence-electron chi connectivity index (χ3n) is 2.34. The number of rotatable bonds is 3. The molecule has 1 aromatic heterocycles. The van der Waals surface area contributed by atoms with Crippen molar-refractivity contribution in [1.82, 2.24) is 4.98 Å². The maximum absolute atomic E-state index is 13.4. The van der Waals surface area contributed by atoms with Crippen LogP contribution in [0.4, 0.5) is 4.39 Å². The maximum Gasteiger partial charge on any atom is 0.219 e. The van der Waals surface area contributed by atoms with Gasteiger partial charge in [-0.15, -0.1) is 0 Å². The van der Waals surface area contributed by atoms with Crippen molar-refractivity contribution in [3.05, 3.63) is 54.0 Å². The lowest BCUT2D eigenvalue weighted by Gasteiger charge is -2.09. The van der Waals surface area contributed by atoms with Crippen LogP contribution in [0.5, 0.6) is 11.6 Å². The molecule has 0 radical (unpaired) electrons. The zero-order valence-corrected chi connectivity index (χ0v) is 9.43. The van der Waals surface area contributed by atoms with Crippen LogP contribution in [0.3, 0.4) is 0 Å². The number of benzene rings is 1. The number of pyridine rings is 1. The van der Waals surface area contributed by atoms with Gasteiger partial charge in [-0.05, 0) is 30.7 Å². The molecule has 0 aliphatic rings. The second kappa shape index (κ2) is 4.93. The molecule has 0 amide bonds. The lowest BCUT2D eigenvalue weighted by Crippen LogP contribution is -2.05. The van der Waals surface area contributed by atoms with Crippen molar-refractivity contribution in [2.45, 2.75) is 13.0 Å². The summed E-state index contributed by atoms with van der Waals surface area (Å²) in [6, 6.07) is 9.60. The number of aromatic nitrogens is 1. The molecule has 4 heteroatoms. The van der Waals surface area contributed by atoms with Crippen molar-refractivity contribution in [1.29, 1.82) is 0 Å². The first kappa shape index (κ1) is 11.5. The highest BCUT2D eigenvalue weighted by molar-refractivity contribution is 5.30. The van der Waals surface area contributed by atoms with Crippen molar-refractivity contribution in [3.63, 3.8) is 0 Å². The van der Waals surface area contributed by atoms with Gasteiger partial charge in [-0.3, -0.25) is 0 Å². The first-order valence-electron chi connectivity index (χ1n) is 5.31. The fourth-order valence-corrected chi connectivity index (χ4v) is 1.40. The highest BCUT2D eigenvalue weighted by atomic mass is 19.1. The van der Waals surface area contributed by atoms with Crippen molar-refractivity contribution in [3.8, 4) is 11.6 Å². The van der Waals surface area contributed by atoms with Crippen LogP contribution in [-0.2, 0) is 0 Å². The molecular weight excluding hydrogens is 219 g/mol. The minimum atomic E-state index is -0.416. The summed E-state index contributed by atoms with van der Waals surface area (Å²) in [5.41, 5.74) is 6.64. The van der Waals surface area contributed by atoms with Gasteiger partial charge in [-0.2, -0.15) is 0 Å². The number of hydrogen-bond acceptors (Lipinski definition) is 3. The normalized spacial score (nSPS) is 12.2. The summed E-state index contributed by atoms with van der Waals surface area (Å²) in [6.45, 7) is 1.86. The summed E-state index contributed by atoms with van der Waals surface area (Å²) in [5, 5.41) is 0. The third-order valence-corrected chi connectivity index (χ3v) is 2.34. The Kier molecular flexibility index (Phi) is 3.35. The predicted molar refractivity (Wildman–Crippen MR) is 63.3 cm³/mol. The van der Waals surface area contributed by atoms with E-state index in [2.05, 4.69) is 4.98 Å². The van der Waals surface area contributed by atoms with E-state index in [1.54, 1.807) is 36.5 Å². The molecule has 0 bridgehead atoms. The van der Waals surface area contributed by atoms with E-state index in [0.29, 0.717) is 5.88 Å². The second-order valence-electron chi connectivity index (χ2n) is 3.75. The predicted octanol–water partition coefficient (Wildman–Crippen LogP) is 3.03. The molecule has 1 aromatic carbocycles. The van der Waals surface area contributed by atoms with Crippen LogP contribution in [0.15, 0.2) is 42.6 Å². The van der Waals surface area contributed by atoms with Gasteiger partial charge in [0, 0.05) is 18.3 Å². The van der Waals surface area contributed by atoms with E-state index >= 15 is 0 Å². The molecule has 2 rings (SSSR count). The summed E-state index contributed by atoms with van der Waals surface area (Å²) in [4.78, 5) is 4.01. The summed E-state index contributed by atoms with van der Waals surface area (Å²) in [6.07, 6.45) is 1.59. The first-order chi connectivity index (χ1) is 8.16. The zero-order chi connectivity index (χ0) is 12.3. The Morgan fingerprint density at radius 1 is 1.29 bits per heavy atom. The molecule has 0 fully saturated rings. The molecular formula is C13H13FN2O. The van der Waals surface area contributed by atoms with Gasteiger partial charge in [0.05, 0.1) is 0 Å². The van der Waals surface area contributed by atoms with Crippen LogP contribution in [0.25, 0.3) is 0 Å². The lowest BCUT2D eigenvalue weighted by atomic mass is 10.1. The first-order valence-corrected chi connectivity index (χ1v) is 5.31. The fourth-order valence-electron chi connectivity index (χ4n) is 1.40. The van der Waals surface area contributed by atoms with E-state index in [-0.39, 0.29) is 11.8 Å². The van der Waals surface area contributed by atoms with Gasteiger partial charge in [-0.1, -0.05) is 12.1 Å². The number of ether oxygens (including phenoxy) is 1. The van der Waals surface area contributed by atoms with Crippen molar-refractivity contribution < 1.29 is 9.13 Å². The monoisotopic (exact) mass is 232 g/mol. The van der Waals surface area contributed by atoms with Gasteiger partial charge in [0.1, 0.15) is 0 Å². The molecule has 0 saturated heterocycles. The molecule has 0 spiro atoms. The molecule has 0 aliphatic carbocycles. The number of para-hydroxylation sites is 1. The highest BCUT2D eigenvalue weighted by Gasteiger charge is 2.06. The number of halogens is 1. The van der Waals surface area contributed by atoms with E-state index in [9.17, 15) is 4.39 Å². The standard InChI is InChI=1S/C13H13FN2O/c1-9(15)10-6-7-16-13(8-10)17-12-5-3-2-4-11(12)14/h2-9H,15H2,1H3. The van der Waals surface area contributed by atoms with Gasteiger partial charge in [0.15, 0.2) is 11.6 Å². The van der Waals surface area contributed by atoms with E-state index in [1.165, 1.54) is 6.07 Å². The average Bonchev–Trinajstić information content (AvgIpc) is 2.32. The van der Waals surface area contributed by atoms with Gasteiger partial charge >= 0.3 is 0 Å². The Bertz CT molecular complexity index is 514.